The second-order valence-corrected chi connectivity index (χ2v) is 7.59. The highest BCUT2D eigenvalue weighted by molar-refractivity contribution is 5.86. The predicted molar refractivity (Wildman–Crippen MR) is 111 cm³/mol. The Balaban J connectivity index is 1.57. The summed E-state index contributed by atoms with van der Waals surface area (Å²) in [4.78, 5) is 33.7. The van der Waals surface area contributed by atoms with Crippen molar-refractivity contribution in [2.45, 2.75) is 26.7 Å². The fourth-order valence-electron chi connectivity index (χ4n) is 3.90. The molecular weight excluding hydrogens is 388 g/mol. The maximum atomic E-state index is 14.3. The van der Waals surface area contributed by atoms with Crippen molar-refractivity contribution < 1.29 is 13.6 Å². The van der Waals surface area contributed by atoms with Crippen molar-refractivity contribution in [1.29, 1.82) is 0 Å². The number of aromatic amines is 1. The van der Waals surface area contributed by atoms with Crippen LogP contribution in [0.5, 0.6) is 0 Å². The highest BCUT2D eigenvalue weighted by atomic mass is 19.2. The minimum absolute atomic E-state index is 0.00479. The molecule has 5 nitrogen and oxygen atoms in total. The molecule has 1 N–H and O–H groups in total. The van der Waals surface area contributed by atoms with Crippen LogP contribution >= 0.6 is 0 Å². The van der Waals surface area contributed by atoms with E-state index in [4.69, 9.17) is 0 Å². The lowest BCUT2D eigenvalue weighted by Crippen LogP contribution is -2.37. The molecule has 0 radical (unpaired) electrons. The van der Waals surface area contributed by atoms with E-state index in [1.54, 1.807) is 18.0 Å². The molecule has 30 heavy (non-hydrogen) atoms. The Morgan fingerprint density at radius 2 is 2.03 bits per heavy atom. The highest BCUT2D eigenvalue weighted by Crippen LogP contribution is 2.25. The number of amides is 1. The molecule has 0 bridgehead atoms. The lowest BCUT2D eigenvalue weighted by Gasteiger charge is -2.27. The largest absolute Gasteiger partial charge is 0.338 e. The number of nitrogens with zero attached hydrogens (tertiary/aromatic N) is 2. The van der Waals surface area contributed by atoms with Crippen LogP contribution in [0.15, 0.2) is 41.5 Å². The summed E-state index contributed by atoms with van der Waals surface area (Å²) in [6.45, 7) is 4.47. The fraction of sp³-hybridized carbons (Fsp3) is 0.261. The van der Waals surface area contributed by atoms with Crippen LogP contribution in [0.25, 0.3) is 16.5 Å². The Morgan fingerprint density at radius 3 is 2.73 bits per heavy atom. The first-order chi connectivity index (χ1) is 14.3. The molecule has 7 heteroatoms. The second kappa shape index (κ2) is 7.82. The number of H-pyrrole nitrogens is 1. The summed E-state index contributed by atoms with van der Waals surface area (Å²) in [5.74, 6) is -2.24. The zero-order chi connectivity index (χ0) is 21.4. The monoisotopic (exact) mass is 409 g/mol. The molecule has 0 saturated carbocycles. The van der Waals surface area contributed by atoms with Gasteiger partial charge in [-0.15, -0.1) is 0 Å². The third kappa shape index (κ3) is 3.63. The van der Waals surface area contributed by atoms with Gasteiger partial charge in [0.25, 0.3) is 5.56 Å². The maximum absolute atomic E-state index is 14.3. The molecule has 0 aliphatic carbocycles. The number of aromatic nitrogens is 2. The van der Waals surface area contributed by atoms with Crippen LogP contribution in [-0.4, -0.2) is 33.9 Å². The van der Waals surface area contributed by atoms with Crippen molar-refractivity contribution >= 4 is 22.4 Å². The van der Waals surface area contributed by atoms with Gasteiger partial charge in [-0.05, 0) is 60.7 Å². The Hall–Kier alpha value is -3.35. The smallest absolute Gasteiger partial charge is 0.252 e. The quantitative estimate of drug-likeness (QED) is 0.718. The fourth-order valence-corrected chi connectivity index (χ4v) is 3.90. The molecule has 1 aliphatic heterocycles. The van der Waals surface area contributed by atoms with E-state index in [-0.39, 0.29) is 34.4 Å². The highest BCUT2D eigenvalue weighted by Gasteiger charge is 2.22. The molecule has 1 aliphatic rings. The average molecular weight is 409 g/mol. The SMILES string of the molecule is Cc1cncc(C2=CCN(C(=O)Cc3c(C)c4c(F)c(F)ccc4[nH]c3=O)CC2)c1. The van der Waals surface area contributed by atoms with Gasteiger partial charge in [-0.3, -0.25) is 14.6 Å². The lowest BCUT2D eigenvalue weighted by molar-refractivity contribution is -0.130. The van der Waals surface area contributed by atoms with Crippen LogP contribution in [0.2, 0.25) is 0 Å². The van der Waals surface area contributed by atoms with Gasteiger partial charge in [-0.25, -0.2) is 8.78 Å². The topological polar surface area (TPSA) is 66.1 Å². The van der Waals surface area contributed by atoms with Crippen molar-refractivity contribution in [3.05, 3.63) is 80.9 Å². The molecule has 0 saturated heterocycles. The molecule has 0 fully saturated rings. The van der Waals surface area contributed by atoms with E-state index in [1.165, 1.54) is 6.07 Å². The molecule has 3 aromatic rings. The average Bonchev–Trinajstić information content (AvgIpc) is 2.73. The number of fused-ring (bicyclic) bond motifs is 1. The summed E-state index contributed by atoms with van der Waals surface area (Å²) >= 11 is 0. The minimum Gasteiger partial charge on any atom is -0.338 e. The van der Waals surface area contributed by atoms with Gasteiger partial charge in [-0.2, -0.15) is 0 Å². The minimum atomic E-state index is -1.02. The Labute approximate surface area is 172 Å². The van der Waals surface area contributed by atoms with Gasteiger partial charge >= 0.3 is 0 Å². The lowest BCUT2D eigenvalue weighted by atomic mass is 9.98. The van der Waals surface area contributed by atoms with Gasteiger partial charge in [0, 0.05) is 36.4 Å². The van der Waals surface area contributed by atoms with Crippen molar-refractivity contribution in [2.24, 2.45) is 0 Å². The molecule has 0 atom stereocenters. The van der Waals surface area contributed by atoms with Crippen molar-refractivity contribution in [1.82, 2.24) is 14.9 Å². The molecule has 1 amide bonds. The Morgan fingerprint density at radius 1 is 1.23 bits per heavy atom. The Kier molecular flexibility index (Phi) is 5.20. The summed E-state index contributed by atoms with van der Waals surface area (Å²) in [6, 6.07) is 4.35. The summed E-state index contributed by atoms with van der Waals surface area (Å²) < 4.78 is 28.0. The van der Waals surface area contributed by atoms with Gasteiger partial charge in [0.05, 0.1) is 11.9 Å². The van der Waals surface area contributed by atoms with Gasteiger partial charge < -0.3 is 9.88 Å². The molecule has 2 aromatic heterocycles. The molecule has 4 rings (SSSR count). The van der Waals surface area contributed by atoms with E-state index in [2.05, 4.69) is 16.0 Å². The van der Waals surface area contributed by atoms with Crippen LogP contribution in [0.4, 0.5) is 8.78 Å². The number of carbonyl (C=O) groups excluding carboxylic acids is 1. The van der Waals surface area contributed by atoms with Gasteiger partial charge in [0.15, 0.2) is 11.6 Å². The summed E-state index contributed by atoms with van der Waals surface area (Å²) in [7, 11) is 0. The first-order valence-corrected chi connectivity index (χ1v) is 9.73. The number of rotatable bonds is 3. The van der Waals surface area contributed by atoms with Gasteiger partial charge in [0.2, 0.25) is 5.91 Å². The number of hydrogen-bond acceptors (Lipinski definition) is 3. The summed E-state index contributed by atoms with van der Waals surface area (Å²) in [6.07, 6.45) is 6.11. The molecule has 154 valence electrons. The number of halogens is 2. The Bertz CT molecular complexity index is 1250. The van der Waals surface area contributed by atoms with Crippen LogP contribution < -0.4 is 5.56 Å². The molecular formula is C23H21F2N3O2. The number of carbonyl (C=O) groups is 1. The first-order valence-electron chi connectivity index (χ1n) is 9.73. The van der Waals surface area contributed by atoms with E-state index in [1.807, 2.05) is 19.2 Å². The molecule has 1 aromatic carbocycles. The van der Waals surface area contributed by atoms with Crippen LogP contribution in [0, 0.1) is 25.5 Å². The number of aryl methyl sites for hydroxylation is 2. The predicted octanol–water partition coefficient (Wildman–Crippen LogP) is 3.68. The maximum Gasteiger partial charge on any atom is 0.252 e. The van der Waals surface area contributed by atoms with Crippen LogP contribution in [0.1, 0.15) is 28.7 Å². The number of benzene rings is 1. The van der Waals surface area contributed by atoms with Crippen molar-refractivity contribution in [3.8, 4) is 0 Å². The van der Waals surface area contributed by atoms with E-state index in [0.29, 0.717) is 19.5 Å². The molecule has 0 unspecified atom stereocenters. The van der Waals surface area contributed by atoms with E-state index < -0.39 is 17.2 Å². The van der Waals surface area contributed by atoms with Crippen molar-refractivity contribution in [2.75, 3.05) is 13.1 Å². The van der Waals surface area contributed by atoms with Crippen LogP contribution in [0.3, 0.4) is 0 Å². The van der Waals surface area contributed by atoms with Crippen molar-refractivity contribution in [3.63, 3.8) is 0 Å². The summed E-state index contributed by atoms with van der Waals surface area (Å²) in [5.41, 5.74) is 3.45. The number of nitrogens with one attached hydrogen (secondary N) is 1. The van der Waals surface area contributed by atoms with Gasteiger partial charge in [-0.1, -0.05) is 6.08 Å². The van der Waals surface area contributed by atoms with E-state index in [9.17, 15) is 18.4 Å². The molecule has 3 heterocycles. The normalized spacial score (nSPS) is 14.1. The van der Waals surface area contributed by atoms with Crippen LogP contribution in [-0.2, 0) is 11.2 Å². The third-order valence-electron chi connectivity index (χ3n) is 5.58. The standard InChI is InChI=1S/C23H21F2N3O2/c1-13-9-16(12-26-11-13)15-5-7-28(8-6-15)20(29)10-17-14(2)21-19(27-23(17)30)4-3-18(24)22(21)25/h3-5,9,11-12H,6-8,10H2,1-2H3,(H,27,30). The number of hydrogen-bond donors (Lipinski definition) is 1. The number of pyridine rings is 2. The third-order valence-corrected chi connectivity index (χ3v) is 5.58. The van der Waals surface area contributed by atoms with Gasteiger partial charge in [0.1, 0.15) is 0 Å². The molecule has 0 spiro atoms. The zero-order valence-electron chi connectivity index (χ0n) is 16.8. The first kappa shape index (κ1) is 19.9. The second-order valence-electron chi connectivity index (χ2n) is 7.59. The van der Waals surface area contributed by atoms with E-state index in [0.717, 1.165) is 22.8 Å². The zero-order valence-corrected chi connectivity index (χ0v) is 16.8. The summed E-state index contributed by atoms with van der Waals surface area (Å²) in [5, 5.41) is 0.00479. The van der Waals surface area contributed by atoms with E-state index >= 15 is 0 Å².